The van der Waals surface area contributed by atoms with Crippen molar-refractivity contribution in [3.05, 3.63) is 24.3 Å². The summed E-state index contributed by atoms with van der Waals surface area (Å²) < 4.78 is 0. The number of phenols is 1. The minimum Gasteiger partial charge on any atom is -0.506 e. The predicted octanol–water partition coefficient (Wildman–Crippen LogP) is 2.64. The zero-order valence-corrected chi connectivity index (χ0v) is 8.76. The maximum Gasteiger partial charge on any atom is 0.144 e. The first-order chi connectivity index (χ1) is 5.49. The van der Waals surface area contributed by atoms with Gasteiger partial charge in [-0.1, -0.05) is 31.8 Å². The highest BCUT2D eigenvalue weighted by atomic mass is 28.3. The SMILES string of the molecule is C[Si](C)(C)Nc1ccccc1O. The van der Waals surface area contributed by atoms with Gasteiger partial charge in [0.15, 0.2) is 0 Å². The fraction of sp³-hybridized carbons (Fsp3) is 0.333. The van der Waals surface area contributed by atoms with Crippen molar-refractivity contribution in [1.82, 2.24) is 0 Å². The summed E-state index contributed by atoms with van der Waals surface area (Å²) >= 11 is 0. The summed E-state index contributed by atoms with van der Waals surface area (Å²) in [6, 6.07) is 7.34. The van der Waals surface area contributed by atoms with Gasteiger partial charge in [-0.15, -0.1) is 0 Å². The van der Waals surface area contributed by atoms with Crippen LogP contribution in [0.5, 0.6) is 5.75 Å². The van der Waals surface area contributed by atoms with E-state index < -0.39 is 8.24 Å². The molecule has 0 aliphatic heterocycles. The van der Waals surface area contributed by atoms with E-state index in [1.165, 1.54) is 0 Å². The van der Waals surface area contributed by atoms with Crippen LogP contribution < -0.4 is 4.98 Å². The molecule has 0 saturated carbocycles. The maximum absolute atomic E-state index is 9.43. The van der Waals surface area contributed by atoms with E-state index in [2.05, 4.69) is 24.6 Å². The highest BCUT2D eigenvalue weighted by Crippen LogP contribution is 2.23. The van der Waals surface area contributed by atoms with Crippen LogP contribution in [0.4, 0.5) is 5.69 Å². The Bertz CT molecular complexity index is 267. The van der Waals surface area contributed by atoms with E-state index in [-0.39, 0.29) is 0 Å². The van der Waals surface area contributed by atoms with Crippen molar-refractivity contribution in [3.8, 4) is 5.75 Å². The van der Waals surface area contributed by atoms with Gasteiger partial charge in [-0.2, -0.15) is 0 Å². The summed E-state index contributed by atoms with van der Waals surface area (Å²) in [4.78, 5) is 3.34. The fourth-order valence-corrected chi connectivity index (χ4v) is 2.00. The van der Waals surface area contributed by atoms with E-state index in [9.17, 15) is 5.11 Å². The molecule has 0 spiro atoms. The molecule has 2 N–H and O–H groups in total. The van der Waals surface area contributed by atoms with Crippen molar-refractivity contribution in [2.75, 3.05) is 4.98 Å². The standard InChI is InChI=1S/C9H15NOSi/c1-12(2,3)10-8-6-4-5-7-9(8)11/h4-7,10-11H,1-3H3. The Hall–Kier alpha value is -0.963. The lowest BCUT2D eigenvalue weighted by Gasteiger charge is -2.20. The van der Waals surface area contributed by atoms with Crippen molar-refractivity contribution in [2.45, 2.75) is 19.6 Å². The van der Waals surface area contributed by atoms with Gasteiger partial charge in [0.05, 0.1) is 5.69 Å². The molecule has 0 saturated heterocycles. The lowest BCUT2D eigenvalue weighted by Crippen LogP contribution is -2.32. The Morgan fingerprint density at radius 3 is 2.25 bits per heavy atom. The molecule has 0 aliphatic rings. The summed E-state index contributed by atoms with van der Waals surface area (Å²) in [6.45, 7) is 6.58. The molecule has 1 aromatic carbocycles. The molecule has 0 atom stereocenters. The van der Waals surface area contributed by atoms with Crippen LogP contribution in [0.25, 0.3) is 0 Å². The third-order valence-electron chi connectivity index (χ3n) is 1.41. The zero-order valence-electron chi connectivity index (χ0n) is 7.76. The molecule has 0 fully saturated rings. The molecule has 1 rings (SSSR count). The molecular formula is C9H15NOSi. The van der Waals surface area contributed by atoms with Crippen LogP contribution in [-0.2, 0) is 0 Å². The number of hydrogen-bond donors (Lipinski definition) is 2. The first-order valence-corrected chi connectivity index (χ1v) is 7.55. The van der Waals surface area contributed by atoms with E-state index in [0.29, 0.717) is 5.75 Å². The van der Waals surface area contributed by atoms with Gasteiger partial charge in [0.25, 0.3) is 0 Å². The second-order valence-corrected chi connectivity index (χ2v) is 8.64. The highest BCUT2D eigenvalue weighted by molar-refractivity contribution is 6.79. The lowest BCUT2D eigenvalue weighted by molar-refractivity contribution is 0.478. The number of para-hydroxylation sites is 2. The second-order valence-electron chi connectivity index (χ2n) is 3.89. The molecule has 0 amide bonds. The van der Waals surface area contributed by atoms with Gasteiger partial charge in [-0.3, -0.25) is 0 Å². The fourth-order valence-electron chi connectivity index (χ4n) is 0.983. The first kappa shape index (κ1) is 9.13. The molecular weight excluding hydrogens is 166 g/mol. The Kier molecular flexibility index (Phi) is 2.42. The Balaban J connectivity index is 2.83. The van der Waals surface area contributed by atoms with E-state index in [1.807, 2.05) is 18.2 Å². The molecule has 0 aliphatic carbocycles. The third-order valence-corrected chi connectivity index (χ3v) is 2.43. The summed E-state index contributed by atoms with van der Waals surface area (Å²) in [5, 5.41) is 9.43. The van der Waals surface area contributed by atoms with Gasteiger partial charge in [0, 0.05) is 0 Å². The minimum absolute atomic E-state index is 0.333. The van der Waals surface area contributed by atoms with Crippen molar-refractivity contribution < 1.29 is 5.11 Å². The smallest absolute Gasteiger partial charge is 0.144 e. The molecule has 0 radical (unpaired) electrons. The van der Waals surface area contributed by atoms with Crippen LogP contribution in [-0.4, -0.2) is 13.3 Å². The van der Waals surface area contributed by atoms with Crippen LogP contribution in [0.2, 0.25) is 19.6 Å². The third kappa shape index (κ3) is 2.58. The van der Waals surface area contributed by atoms with Crippen molar-refractivity contribution >= 4 is 13.9 Å². The van der Waals surface area contributed by atoms with Gasteiger partial charge in [0.2, 0.25) is 0 Å². The van der Waals surface area contributed by atoms with E-state index in [4.69, 9.17) is 0 Å². The average Bonchev–Trinajstić information content (AvgIpc) is 1.91. The predicted molar refractivity (Wildman–Crippen MR) is 55.1 cm³/mol. The van der Waals surface area contributed by atoms with Crippen LogP contribution in [0, 0.1) is 0 Å². The monoisotopic (exact) mass is 181 g/mol. The topological polar surface area (TPSA) is 32.3 Å². The van der Waals surface area contributed by atoms with Crippen molar-refractivity contribution in [3.63, 3.8) is 0 Å². The number of hydrogen-bond acceptors (Lipinski definition) is 2. The van der Waals surface area contributed by atoms with Crippen molar-refractivity contribution in [1.29, 1.82) is 0 Å². The van der Waals surface area contributed by atoms with Crippen LogP contribution in [0.15, 0.2) is 24.3 Å². The normalized spacial score (nSPS) is 11.2. The summed E-state index contributed by atoms with van der Waals surface area (Å²) in [7, 11) is -1.34. The van der Waals surface area contributed by atoms with Gasteiger partial charge in [-0.05, 0) is 12.1 Å². The van der Waals surface area contributed by atoms with Gasteiger partial charge >= 0.3 is 0 Å². The molecule has 0 bridgehead atoms. The quantitative estimate of drug-likeness (QED) is 0.543. The van der Waals surface area contributed by atoms with Crippen LogP contribution in [0.1, 0.15) is 0 Å². The lowest BCUT2D eigenvalue weighted by atomic mass is 10.3. The summed E-state index contributed by atoms with van der Waals surface area (Å²) in [5.74, 6) is 0.333. The molecule has 66 valence electrons. The second kappa shape index (κ2) is 3.19. The van der Waals surface area contributed by atoms with Crippen molar-refractivity contribution in [2.24, 2.45) is 0 Å². The number of anilines is 1. The Morgan fingerprint density at radius 1 is 1.17 bits per heavy atom. The summed E-state index contributed by atoms with van der Waals surface area (Å²) in [5.41, 5.74) is 0.844. The Morgan fingerprint density at radius 2 is 1.75 bits per heavy atom. The molecule has 2 nitrogen and oxygen atoms in total. The van der Waals surface area contributed by atoms with E-state index in [0.717, 1.165) is 5.69 Å². The molecule has 3 heteroatoms. The molecule has 0 aromatic heterocycles. The zero-order chi connectivity index (χ0) is 9.19. The number of aromatic hydroxyl groups is 1. The Labute approximate surface area is 74.3 Å². The van der Waals surface area contributed by atoms with Gasteiger partial charge in [-0.25, -0.2) is 0 Å². The van der Waals surface area contributed by atoms with Gasteiger partial charge < -0.3 is 10.1 Å². The van der Waals surface area contributed by atoms with Crippen LogP contribution >= 0.6 is 0 Å². The minimum atomic E-state index is -1.34. The summed E-state index contributed by atoms with van der Waals surface area (Å²) in [6.07, 6.45) is 0. The largest absolute Gasteiger partial charge is 0.506 e. The molecule has 0 unspecified atom stereocenters. The van der Waals surface area contributed by atoms with E-state index in [1.54, 1.807) is 6.07 Å². The average molecular weight is 181 g/mol. The number of phenolic OH excluding ortho intramolecular Hbond substituents is 1. The number of benzene rings is 1. The van der Waals surface area contributed by atoms with Crippen LogP contribution in [0.3, 0.4) is 0 Å². The van der Waals surface area contributed by atoms with Gasteiger partial charge in [0.1, 0.15) is 14.0 Å². The number of nitrogens with one attached hydrogen (secondary N) is 1. The first-order valence-electron chi connectivity index (χ1n) is 4.05. The maximum atomic E-state index is 9.43. The van der Waals surface area contributed by atoms with E-state index >= 15 is 0 Å². The molecule has 1 aromatic rings. The molecule has 0 heterocycles. The highest BCUT2D eigenvalue weighted by Gasteiger charge is 2.13. The number of rotatable bonds is 2. The molecule has 12 heavy (non-hydrogen) atoms.